The lowest BCUT2D eigenvalue weighted by Gasteiger charge is -2.09. The Kier molecular flexibility index (Phi) is 6.19. The predicted octanol–water partition coefficient (Wildman–Crippen LogP) is 5.89. The zero-order valence-corrected chi connectivity index (χ0v) is 18.7. The summed E-state index contributed by atoms with van der Waals surface area (Å²) >= 11 is 3.51. The number of methoxy groups -OCH3 is 1. The number of nitrogens with one attached hydrogen (secondary N) is 1. The van der Waals surface area contributed by atoms with Crippen LogP contribution in [0.2, 0.25) is 0 Å². The number of fused-ring (bicyclic) bond motifs is 1. The van der Waals surface area contributed by atoms with Crippen molar-refractivity contribution in [2.75, 3.05) is 7.11 Å². The first kappa shape index (κ1) is 20.2. The van der Waals surface area contributed by atoms with E-state index in [0.717, 1.165) is 27.9 Å². The molecular formula is C25H24BrN3O. The van der Waals surface area contributed by atoms with Crippen LogP contribution in [0.25, 0.3) is 10.9 Å². The number of halogens is 1. The normalized spacial score (nSPS) is 11.3. The highest BCUT2D eigenvalue weighted by Gasteiger charge is 2.12. The number of benzene rings is 3. The van der Waals surface area contributed by atoms with Crippen molar-refractivity contribution in [3.05, 3.63) is 99.7 Å². The van der Waals surface area contributed by atoms with Gasteiger partial charge in [0.15, 0.2) is 0 Å². The van der Waals surface area contributed by atoms with Gasteiger partial charge in [0.2, 0.25) is 0 Å². The lowest BCUT2D eigenvalue weighted by molar-refractivity contribution is 0.408. The monoisotopic (exact) mass is 461 g/mol. The number of hydrogen-bond acceptors (Lipinski definition) is 3. The van der Waals surface area contributed by atoms with Crippen LogP contribution in [-0.2, 0) is 13.1 Å². The molecular weight excluding hydrogens is 438 g/mol. The highest BCUT2D eigenvalue weighted by molar-refractivity contribution is 9.10. The SMILES string of the molecule is COc1ccccc1CN/N=C/c1c(C)n(Cc2ccc(Br)cc2)c2ccccc12. The van der Waals surface area contributed by atoms with Gasteiger partial charge in [0, 0.05) is 38.7 Å². The van der Waals surface area contributed by atoms with Crippen molar-refractivity contribution in [2.45, 2.75) is 20.0 Å². The Bertz CT molecular complexity index is 1180. The van der Waals surface area contributed by atoms with E-state index in [4.69, 9.17) is 4.74 Å². The van der Waals surface area contributed by atoms with Gasteiger partial charge in [0.1, 0.15) is 5.75 Å². The zero-order chi connectivity index (χ0) is 20.9. The maximum atomic E-state index is 5.41. The summed E-state index contributed by atoms with van der Waals surface area (Å²) in [5.74, 6) is 0.863. The van der Waals surface area contributed by atoms with Crippen LogP contribution in [0, 0.1) is 6.92 Å². The summed E-state index contributed by atoms with van der Waals surface area (Å²) in [6.07, 6.45) is 1.92. The standard InChI is InChI=1S/C25H24BrN3O/c1-18-23(16-28-27-15-20-7-3-6-10-25(20)30-2)22-8-4-5-9-24(22)29(18)17-19-11-13-21(26)14-12-19/h3-14,16,27H,15,17H2,1-2H3/b28-16+. The third-order valence-corrected chi connectivity index (χ3v) is 5.81. The molecule has 3 aromatic carbocycles. The summed E-state index contributed by atoms with van der Waals surface area (Å²) in [6.45, 7) is 3.58. The molecule has 1 N–H and O–H groups in total. The molecule has 0 bridgehead atoms. The van der Waals surface area contributed by atoms with Gasteiger partial charge < -0.3 is 14.7 Å². The van der Waals surface area contributed by atoms with Crippen molar-refractivity contribution < 1.29 is 4.74 Å². The minimum atomic E-state index is 0.608. The highest BCUT2D eigenvalue weighted by Crippen LogP contribution is 2.26. The molecule has 5 heteroatoms. The van der Waals surface area contributed by atoms with Gasteiger partial charge in [0.05, 0.1) is 19.9 Å². The van der Waals surface area contributed by atoms with Crippen LogP contribution in [0.3, 0.4) is 0 Å². The van der Waals surface area contributed by atoms with Crippen LogP contribution in [0.1, 0.15) is 22.4 Å². The molecule has 0 saturated carbocycles. The van der Waals surface area contributed by atoms with E-state index < -0.39 is 0 Å². The first-order valence-corrected chi connectivity index (χ1v) is 10.7. The van der Waals surface area contributed by atoms with E-state index in [9.17, 15) is 0 Å². The molecule has 152 valence electrons. The van der Waals surface area contributed by atoms with E-state index in [1.165, 1.54) is 22.2 Å². The quantitative estimate of drug-likeness (QED) is 0.275. The molecule has 4 rings (SSSR count). The van der Waals surface area contributed by atoms with E-state index in [1.807, 2.05) is 30.5 Å². The molecule has 4 nitrogen and oxygen atoms in total. The number of ether oxygens (including phenoxy) is 1. The van der Waals surface area contributed by atoms with Crippen LogP contribution in [-0.4, -0.2) is 17.9 Å². The Balaban J connectivity index is 1.59. The fraction of sp³-hybridized carbons (Fsp3) is 0.160. The topological polar surface area (TPSA) is 38.5 Å². The molecule has 0 aliphatic carbocycles. The molecule has 4 aromatic rings. The molecule has 1 aromatic heterocycles. The molecule has 0 fully saturated rings. The van der Waals surface area contributed by atoms with Crippen molar-refractivity contribution in [1.29, 1.82) is 0 Å². The number of hydrazone groups is 1. The summed E-state index contributed by atoms with van der Waals surface area (Å²) in [6, 6.07) is 24.9. The minimum Gasteiger partial charge on any atom is -0.496 e. The van der Waals surface area contributed by atoms with Crippen LogP contribution in [0.5, 0.6) is 5.75 Å². The Labute approximate surface area is 185 Å². The second-order valence-corrected chi connectivity index (χ2v) is 8.05. The number of para-hydroxylation sites is 2. The van der Waals surface area contributed by atoms with E-state index in [0.29, 0.717) is 6.54 Å². The maximum Gasteiger partial charge on any atom is 0.123 e. The van der Waals surface area contributed by atoms with Gasteiger partial charge in [-0.15, -0.1) is 0 Å². The van der Waals surface area contributed by atoms with E-state index in [1.54, 1.807) is 7.11 Å². The number of nitrogens with zero attached hydrogens (tertiary/aromatic N) is 2. The van der Waals surface area contributed by atoms with Crippen molar-refractivity contribution in [2.24, 2.45) is 5.10 Å². The van der Waals surface area contributed by atoms with Crippen molar-refractivity contribution in [3.8, 4) is 5.75 Å². The summed E-state index contributed by atoms with van der Waals surface area (Å²) in [7, 11) is 1.69. The Morgan fingerprint density at radius 1 is 1.00 bits per heavy atom. The molecule has 0 unspecified atom stereocenters. The van der Waals surface area contributed by atoms with Crippen molar-refractivity contribution in [3.63, 3.8) is 0 Å². The Morgan fingerprint density at radius 3 is 2.53 bits per heavy atom. The van der Waals surface area contributed by atoms with Gasteiger partial charge in [-0.05, 0) is 36.8 Å². The summed E-state index contributed by atoms with van der Waals surface area (Å²) in [5, 5.41) is 5.71. The van der Waals surface area contributed by atoms with Gasteiger partial charge in [-0.25, -0.2) is 0 Å². The van der Waals surface area contributed by atoms with Gasteiger partial charge in [0.25, 0.3) is 0 Å². The van der Waals surface area contributed by atoms with Crippen LogP contribution >= 0.6 is 15.9 Å². The van der Waals surface area contributed by atoms with Crippen molar-refractivity contribution >= 4 is 33.0 Å². The summed E-state index contributed by atoms with van der Waals surface area (Å²) < 4.78 is 8.85. The summed E-state index contributed by atoms with van der Waals surface area (Å²) in [5.41, 5.74) is 9.04. The van der Waals surface area contributed by atoms with Crippen LogP contribution < -0.4 is 10.2 Å². The van der Waals surface area contributed by atoms with Gasteiger partial charge in [-0.3, -0.25) is 0 Å². The van der Waals surface area contributed by atoms with Gasteiger partial charge in [-0.2, -0.15) is 5.10 Å². The number of rotatable bonds is 7. The molecule has 0 amide bonds. The molecule has 0 aliphatic heterocycles. The molecule has 30 heavy (non-hydrogen) atoms. The first-order valence-electron chi connectivity index (χ1n) is 9.87. The molecule has 1 heterocycles. The van der Waals surface area contributed by atoms with E-state index >= 15 is 0 Å². The largest absolute Gasteiger partial charge is 0.496 e. The second-order valence-electron chi connectivity index (χ2n) is 7.13. The van der Waals surface area contributed by atoms with Crippen LogP contribution in [0.15, 0.2) is 82.4 Å². The first-order chi connectivity index (χ1) is 14.7. The van der Waals surface area contributed by atoms with Crippen molar-refractivity contribution in [1.82, 2.24) is 9.99 Å². The lowest BCUT2D eigenvalue weighted by atomic mass is 10.1. The summed E-state index contributed by atoms with van der Waals surface area (Å²) in [4.78, 5) is 0. The number of aromatic nitrogens is 1. The van der Waals surface area contributed by atoms with E-state index in [2.05, 4.69) is 86.5 Å². The van der Waals surface area contributed by atoms with Gasteiger partial charge in [-0.1, -0.05) is 64.5 Å². The molecule has 0 saturated heterocycles. The zero-order valence-electron chi connectivity index (χ0n) is 17.1. The average molecular weight is 462 g/mol. The second kappa shape index (κ2) is 9.18. The highest BCUT2D eigenvalue weighted by atomic mass is 79.9. The molecule has 0 spiro atoms. The maximum absolute atomic E-state index is 5.41. The predicted molar refractivity (Wildman–Crippen MR) is 127 cm³/mol. The number of hydrogen-bond donors (Lipinski definition) is 1. The van der Waals surface area contributed by atoms with E-state index in [-0.39, 0.29) is 0 Å². The third-order valence-electron chi connectivity index (χ3n) is 5.28. The molecule has 0 aliphatic rings. The Morgan fingerprint density at radius 2 is 1.73 bits per heavy atom. The van der Waals surface area contributed by atoms with Gasteiger partial charge >= 0.3 is 0 Å². The fourth-order valence-electron chi connectivity index (χ4n) is 3.69. The van der Waals surface area contributed by atoms with Crippen LogP contribution in [0.4, 0.5) is 0 Å². The Hall–Kier alpha value is -3.05. The molecule has 0 radical (unpaired) electrons. The molecule has 0 atom stereocenters. The minimum absolute atomic E-state index is 0.608. The fourth-order valence-corrected chi connectivity index (χ4v) is 3.95. The smallest absolute Gasteiger partial charge is 0.123 e. The average Bonchev–Trinajstić information content (AvgIpc) is 3.04. The third kappa shape index (κ3) is 4.26. The lowest BCUT2D eigenvalue weighted by Crippen LogP contribution is -2.07.